The van der Waals surface area contributed by atoms with Crippen molar-refractivity contribution >= 4 is 17.2 Å². The molecular weight excluding hydrogens is 352 g/mol. The lowest BCUT2D eigenvalue weighted by Crippen LogP contribution is -2.03. The summed E-state index contributed by atoms with van der Waals surface area (Å²) in [6.07, 6.45) is 3.44. The Morgan fingerprint density at radius 1 is 1.08 bits per heavy atom. The van der Waals surface area contributed by atoms with Gasteiger partial charge >= 0.3 is 0 Å². The second kappa shape index (κ2) is 7.01. The van der Waals surface area contributed by atoms with Crippen LogP contribution in [0.15, 0.2) is 60.9 Å². The van der Waals surface area contributed by atoms with Crippen molar-refractivity contribution < 1.29 is 9.47 Å². The molecule has 0 amide bonds. The molecule has 2 aromatic heterocycles. The maximum Gasteiger partial charge on any atom is 0.195 e. The van der Waals surface area contributed by atoms with Crippen LogP contribution in [0.5, 0.6) is 11.5 Å². The maximum atomic E-state index is 6.08. The molecule has 0 fully saturated rings. The van der Waals surface area contributed by atoms with Gasteiger partial charge in [0, 0.05) is 18.5 Å². The number of benzene rings is 2. The van der Waals surface area contributed by atoms with Crippen molar-refractivity contribution in [1.29, 1.82) is 0 Å². The maximum absolute atomic E-state index is 6.08. The third kappa shape index (κ3) is 3.07. The number of hydrogen-bond donors (Lipinski definition) is 0. The number of ether oxygens (including phenoxy) is 2. The van der Waals surface area contributed by atoms with Crippen LogP contribution in [0.1, 0.15) is 5.56 Å². The highest BCUT2D eigenvalue weighted by atomic mass is 35.5. The highest BCUT2D eigenvalue weighted by Gasteiger charge is 2.16. The molecule has 2 heterocycles. The van der Waals surface area contributed by atoms with Gasteiger partial charge in [0.1, 0.15) is 18.1 Å². The van der Waals surface area contributed by atoms with Crippen LogP contribution in [-0.2, 0) is 6.61 Å². The topological polar surface area (TPSA) is 61.5 Å². The van der Waals surface area contributed by atoms with Crippen molar-refractivity contribution in [2.24, 2.45) is 0 Å². The predicted molar refractivity (Wildman–Crippen MR) is 98.6 cm³/mol. The van der Waals surface area contributed by atoms with Crippen LogP contribution in [0.4, 0.5) is 0 Å². The third-order valence-electron chi connectivity index (χ3n) is 3.95. The number of fused-ring (bicyclic) bond motifs is 1. The molecule has 130 valence electrons. The lowest BCUT2D eigenvalue weighted by atomic mass is 10.1. The van der Waals surface area contributed by atoms with Crippen LogP contribution in [0.25, 0.3) is 17.0 Å². The summed E-state index contributed by atoms with van der Waals surface area (Å²) in [7, 11) is 1.62. The van der Waals surface area contributed by atoms with Gasteiger partial charge in [0.15, 0.2) is 16.6 Å². The third-order valence-corrected chi connectivity index (χ3v) is 4.20. The fourth-order valence-electron chi connectivity index (χ4n) is 2.66. The number of aromatic nitrogens is 4. The zero-order valence-electron chi connectivity index (χ0n) is 14.0. The average Bonchev–Trinajstić information content (AvgIpc) is 3.18. The molecule has 0 saturated carbocycles. The van der Waals surface area contributed by atoms with E-state index in [1.807, 2.05) is 48.5 Å². The number of nitrogens with zero attached hydrogens (tertiary/aromatic N) is 4. The minimum Gasteiger partial charge on any atom is -0.497 e. The molecule has 0 radical (unpaired) electrons. The first-order valence-corrected chi connectivity index (χ1v) is 8.34. The van der Waals surface area contributed by atoms with E-state index in [4.69, 9.17) is 21.1 Å². The lowest BCUT2D eigenvalue weighted by Gasteiger charge is -2.13. The molecule has 0 unspecified atom stereocenters. The Balaban J connectivity index is 1.77. The van der Waals surface area contributed by atoms with Crippen LogP contribution >= 0.6 is 11.6 Å². The van der Waals surface area contributed by atoms with Gasteiger partial charge in [-0.05, 0) is 17.7 Å². The van der Waals surface area contributed by atoms with Crippen LogP contribution in [-0.4, -0.2) is 26.7 Å². The molecule has 0 aliphatic heterocycles. The molecule has 6 nitrogen and oxygen atoms in total. The van der Waals surface area contributed by atoms with Gasteiger partial charge in [0.2, 0.25) is 0 Å². The van der Waals surface area contributed by atoms with E-state index in [2.05, 4.69) is 15.2 Å². The molecule has 0 N–H and O–H groups in total. The van der Waals surface area contributed by atoms with Gasteiger partial charge in [-0.1, -0.05) is 41.9 Å². The van der Waals surface area contributed by atoms with E-state index in [1.54, 1.807) is 23.9 Å². The molecule has 7 heteroatoms. The van der Waals surface area contributed by atoms with Gasteiger partial charge in [-0.2, -0.15) is 0 Å². The summed E-state index contributed by atoms with van der Waals surface area (Å²) in [5.74, 6) is 1.92. The summed E-state index contributed by atoms with van der Waals surface area (Å²) in [4.78, 5) is 4.22. The number of hydrogen-bond acceptors (Lipinski definition) is 5. The Hall–Kier alpha value is -3.12. The highest BCUT2D eigenvalue weighted by molar-refractivity contribution is 6.32. The van der Waals surface area contributed by atoms with Gasteiger partial charge in [-0.3, -0.25) is 4.40 Å². The fourth-order valence-corrected chi connectivity index (χ4v) is 2.84. The van der Waals surface area contributed by atoms with Gasteiger partial charge in [-0.25, -0.2) is 4.98 Å². The predicted octanol–water partition coefficient (Wildman–Crippen LogP) is 4.03. The monoisotopic (exact) mass is 366 g/mol. The Bertz CT molecular complexity index is 1050. The second-order valence-corrected chi connectivity index (χ2v) is 5.93. The summed E-state index contributed by atoms with van der Waals surface area (Å²) < 4.78 is 13.2. The Kier molecular flexibility index (Phi) is 4.41. The molecule has 0 bridgehead atoms. The molecule has 0 spiro atoms. The van der Waals surface area contributed by atoms with E-state index in [0.29, 0.717) is 29.6 Å². The highest BCUT2D eigenvalue weighted by Crippen LogP contribution is 2.33. The van der Waals surface area contributed by atoms with Gasteiger partial charge < -0.3 is 9.47 Å². The van der Waals surface area contributed by atoms with Crippen LogP contribution in [0.2, 0.25) is 5.15 Å². The summed E-state index contributed by atoms with van der Waals surface area (Å²) in [5, 5.41) is 8.49. The molecular formula is C19H15ClN4O2. The minimum atomic E-state index is 0.249. The van der Waals surface area contributed by atoms with E-state index >= 15 is 0 Å². The SMILES string of the molecule is COc1ccc(-c2nnc(Cl)c3nccn23)c(OCc2ccccc2)c1. The average molecular weight is 367 g/mol. The van der Waals surface area contributed by atoms with Crippen molar-refractivity contribution in [1.82, 2.24) is 19.6 Å². The van der Waals surface area contributed by atoms with E-state index in [1.165, 1.54) is 0 Å². The fraction of sp³-hybridized carbons (Fsp3) is 0.105. The normalized spacial score (nSPS) is 10.8. The van der Waals surface area contributed by atoms with Gasteiger partial charge in [0.05, 0.1) is 12.7 Å². The van der Waals surface area contributed by atoms with Crippen LogP contribution < -0.4 is 9.47 Å². The summed E-state index contributed by atoms with van der Waals surface area (Å²) >= 11 is 6.08. The standard InChI is InChI=1S/C19H15ClN4O2/c1-25-14-7-8-15(16(11-14)26-12-13-5-3-2-4-6-13)18-23-22-17(20)19-21-9-10-24(18)19/h2-11H,12H2,1H3. The smallest absolute Gasteiger partial charge is 0.195 e. The Morgan fingerprint density at radius 2 is 1.92 bits per heavy atom. The molecule has 0 aliphatic rings. The Labute approximate surface area is 155 Å². The van der Waals surface area contributed by atoms with E-state index in [9.17, 15) is 0 Å². The van der Waals surface area contributed by atoms with Gasteiger partial charge in [-0.15, -0.1) is 10.2 Å². The largest absolute Gasteiger partial charge is 0.497 e. The minimum absolute atomic E-state index is 0.249. The first-order chi connectivity index (χ1) is 12.8. The van der Waals surface area contributed by atoms with Gasteiger partial charge in [0.25, 0.3) is 0 Å². The molecule has 0 saturated heterocycles. The van der Waals surface area contributed by atoms with E-state index < -0.39 is 0 Å². The van der Waals surface area contributed by atoms with Crippen molar-refractivity contribution in [3.63, 3.8) is 0 Å². The summed E-state index contributed by atoms with van der Waals surface area (Å²) in [6.45, 7) is 0.426. The zero-order chi connectivity index (χ0) is 17.9. The second-order valence-electron chi connectivity index (χ2n) is 5.57. The number of halogens is 1. The number of rotatable bonds is 5. The molecule has 4 rings (SSSR count). The van der Waals surface area contributed by atoms with Crippen LogP contribution in [0.3, 0.4) is 0 Å². The van der Waals surface area contributed by atoms with Crippen LogP contribution in [0, 0.1) is 0 Å². The van der Waals surface area contributed by atoms with Crippen molar-refractivity contribution in [2.45, 2.75) is 6.61 Å². The first-order valence-electron chi connectivity index (χ1n) is 7.96. The number of imidazole rings is 1. The molecule has 2 aromatic carbocycles. The summed E-state index contributed by atoms with van der Waals surface area (Å²) in [5.41, 5.74) is 2.38. The van der Waals surface area contributed by atoms with Crippen molar-refractivity contribution in [2.75, 3.05) is 7.11 Å². The molecule has 26 heavy (non-hydrogen) atoms. The molecule has 0 atom stereocenters. The van der Waals surface area contributed by atoms with Crippen molar-refractivity contribution in [3.05, 3.63) is 71.6 Å². The lowest BCUT2D eigenvalue weighted by molar-refractivity contribution is 0.304. The van der Waals surface area contributed by atoms with E-state index in [-0.39, 0.29) is 5.15 Å². The Morgan fingerprint density at radius 3 is 2.73 bits per heavy atom. The summed E-state index contributed by atoms with van der Waals surface area (Å²) in [6, 6.07) is 15.5. The quantitative estimate of drug-likeness (QED) is 0.533. The first kappa shape index (κ1) is 16.4. The van der Waals surface area contributed by atoms with Crippen molar-refractivity contribution in [3.8, 4) is 22.9 Å². The van der Waals surface area contributed by atoms with E-state index in [0.717, 1.165) is 11.1 Å². The zero-order valence-corrected chi connectivity index (χ0v) is 14.7. The number of methoxy groups -OCH3 is 1. The molecule has 4 aromatic rings. The molecule has 0 aliphatic carbocycles.